The zero-order chi connectivity index (χ0) is 22.2. The zero-order valence-electron chi connectivity index (χ0n) is 16.7. The number of aromatic nitrogens is 3. The predicted molar refractivity (Wildman–Crippen MR) is 111 cm³/mol. The summed E-state index contributed by atoms with van der Waals surface area (Å²) in [4.78, 5) is 18.9. The first-order chi connectivity index (χ1) is 14.7. The molecule has 0 unspecified atom stereocenters. The molecule has 0 saturated carbocycles. The number of halogens is 3. The van der Waals surface area contributed by atoms with Crippen molar-refractivity contribution in [2.24, 2.45) is 7.05 Å². The van der Waals surface area contributed by atoms with Gasteiger partial charge in [0.1, 0.15) is 5.82 Å². The summed E-state index contributed by atoms with van der Waals surface area (Å²) < 4.78 is 45.8. The molecule has 1 aliphatic rings. The van der Waals surface area contributed by atoms with Gasteiger partial charge in [-0.1, -0.05) is 0 Å². The van der Waals surface area contributed by atoms with E-state index < -0.39 is 11.7 Å². The highest BCUT2D eigenvalue weighted by molar-refractivity contribution is 5.92. The number of nitrogen functional groups attached to an aromatic ring is 1. The number of aryl methyl sites for hydroxylation is 1. The van der Waals surface area contributed by atoms with E-state index in [4.69, 9.17) is 10.5 Å². The molecule has 1 aromatic carbocycles. The zero-order valence-corrected chi connectivity index (χ0v) is 16.7. The van der Waals surface area contributed by atoms with Crippen molar-refractivity contribution < 1.29 is 17.9 Å². The molecule has 0 atom stereocenters. The molecule has 1 aliphatic heterocycles. The highest BCUT2D eigenvalue weighted by Gasteiger charge is 2.31. The Morgan fingerprint density at radius 1 is 1.16 bits per heavy atom. The number of benzene rings is 1. The van der Waals surface area contributed by atoms with E-state index in [1.54, 1.807) is 6.07 Å². The molecule has 0 aliphatic carbocycles. The van der Waals surface area contributed by atoms with Crippen LogP contribution >= 0.6 is 0 Å². The summed E-state index contributed by atoms with van der Waals surface area (Å²) in [6, 6.07) is 5.16. The fourth-order valence-corrected chi connectivity index (χ4v) is 3.50. The Bertz CT molecular complexity index is 1170. The smallest absolute Gasteiger partial charge is 0.399 e. The summed E-state index contributed by atoms with van der Waals surface area (Å²) in [6.45, 7) is 2.54. The van der Waals surface area contributed by atoms with Crippen LogP contribution in [-0.2, 0) is 24.5 Å². The molecule has 1 fully saturated rings. The number of nitrogens with zero attached hydrogens (tertiary/aromatic N) is 4. The maximum Gasteiger partial charge on any atom is 0.416 e. The maximum absolute atomic E-state index is 13.1. The van der Waals surface area contributed by atoms with Crippen LogP contribution in [0.3, 0.4) is 0 Å². The van der Waals surface area contributed by atoms with Crippen LogP contribution in [0.5, 0.6) is 0 Å². The molecule has 164 valence electrons. The van der Waals surface area contributed by atoms with Crippen LogP contribution in [0.4, 0.5) is 30.5 Å². The molecule has 3 heterocycles. The number of nitrogens with two attached hydrogens (primary N) is 1. The lowest BCUT2D eigenvalue weighted by molar-refractivity contribution is -0.137. The molecule has 0 bridgehead atoms. The third-order valence-corrected chi connectivity index (χ3v) is 5.06. The van der Waals surface area contributed by atoms with Crippen molar-refractivity contribution in [1.29, 1.82) is 0 Å². The molecule has 3 N–H and O–H groups in total. The van der Waals surface area contributed by atoms with Gasteiger partial charge in [-0.15, -0.1) is 0 Å². The van der Waals surface area contributed by atoms with E-state index in [1.807, 2.05) is 4.90 Å². The van der Waals surface area contributed by atoms with Crippen LogP contribution in [0.25, 0.3) is 10.8 Å². The minimum Gasteiger partial charge on any atom is -0.399 e. The van der Waals surface area contributed by atoms with Gasteiger partial charge < -0.3 is 20.7 Å². The number of alkyl halides is 3. The van der Waals surface area contributed by atoms with E-state index in [9.17, 15) is 18.0 Å². The van der Waals surface area contributed by atoms with Crippen molar-refractivity contribution in [2.45, 2.75) is 12.7 Å². The lowest BCUT2D eigenvalue weighted by Crippen LogP contribution is -2.36. The molecular formula is C20H21F3N6O2. The summed E-state index contributed by atoms with van der Waals surface area (Å²) in [5.74, 6) is 1.04. The van der Waals surface area contributed by atoms with Crippen molar-refractivity contribution in [3.63, 3.8) is 0 Å². The fourth-order valence-electron chi connectivity index (χ4n) is 3.50. The molecule has 0 spiro atoms. The summed E-state index contributed by atoms with van der Waals surface area (Å²) in [5.41, 5.74) is 4.88. The van der Waals surface area contributed by atoms with Crippen LogP contribution in [-0.4, -0.2) is 41.1 Å². The van der Waals surface area contributed by atoms with Gasteiger partial charge in [0.25, 0.3) is 5.56 Å². The van der Waals surface area contributed by atoms with Gasteiger partial charge in [-0.05, 0) is 29.8 Å². The minimum absolute atomic E-state index is 0.0173. The first-order valence-electron chi connectivity index (χ1n) is 9.62. The van der Waals surface area contributed by atoms with Gasteiger partial charge in [-0.2, -0.15) is 18.3 Å². The molecule has 0 amide bonds. The van der Waals surface area contributed by atoms with Gasteiger partial charge >= 0.3 is 6.18 Å². The number of hydrogen-bond donors (Lipinski definition) is 2. The van der Waals surface area contributed by atoms with Gasteiger partial charge in [-0.25, -0.2) is 9.67 Å². The Kier molecular flexibility index (Phi) is 5.44. The number of hydrogen-bond acceptors (Lipinski definition) is 7. The second-order valence-corrected chi connectivity index (χ2v) is 7.28. The van der Waals surface area contributed by atoms with Gasteiger partial charge in [-0.3, -0.25) is 4.79 Å². The van der Waals surface area contributed by atoms with Crippen molar-refractivity contribution in [1.82, 2.24) is 14.8 Å². The Labute approximate surface area is 175 Å². The quantitative estimate of drug-likeness (QED) is 0.609. The van der Waals surface area contributed by atoms with E-state index in [0.717, 1.165) is 12.1 Å². The van der Waals surface area contributed by atoms with Crippen molar-refractivity contribution in [3.05, 3.63) is 51.9 Å². The average Bonchev–Trinajstić information content (AvgIpc) is 2.74. The van der Waals surface area contributed by atoms with E-state index in [2.05, 4.69) is 15.4 Å². The standard InChI is InChI=1S/C20H21F3N6O2/c1-28-19(30)16-11-25-17(29-2-4-31-5-3-29)9-15(16)18(27-28)26-10-12-6-13(20(21,22)23)8-14(24)7-12/h6-9,11H,2-5,10,24H2,1H3,(H,26,27). The number of morpholine rings is 1. The third-order valence-electron chi connectivity index (χ3n) is 5.06. The Balaban J connectivity index is 1.69. The topological polar surface area (TPSA) is 98.3 Å². The van der Waals surface area contributed by atoms with E-state index in [1.165, 1.54) is 24.0 Å². The molecule has 1 saturated heterocycles. The largest absolute Gasteiger partial charge is 0.416 e. The molecule has 11 heteroatoms. The van der Waals surface area contributed by atoms with Crippen LogP contribution in [0, 0.1) is 0 Å². The second-order valence-electron chi connectivity index (χ2n) is 7.28. The monoisotopic (exact) mass is 434 g/mol. The summed E-state index contributed by atoms with van der Waals surface area (Å²) >= 11 is 0. The van der Waals surface area contributed by atoms with Crippen LogP contribution in [0.1, 0.15) is 11.1 Å². The fraction of sp³-hybridized carbons (Fsp3) is 0.350. The average molecular weight is 434 g/mol. The lowest BCUT2D eigenvalue weighted by atomic mass is 10.1. The third kappa shape index (κ3) is 4.41. The molecule has 3 aromatic rings. The van der Waals surface area contributed by atoms with Crippen LogP contribution in [0.2, 0.25) is 0 Å². The van der Waals surface area contributed by atoms with Crippen LogP contribution < -0.4 is 21.5 Å². The van der Waals surface area contributed by atoms with E-state index in [0.29, 0.717) is 54.3 Å². The first kappa shape index (κ1) is 20.9. The number of ether oxygens (including phenoxy) is 1. The van der Waals surface area contributed by atoms with Crippen molar-refractivity contribution in [3.8, 4) is 0 Å². The van der Waals surface area contributed by atoms with Gasteiger partial charge in [0.05, 0.1) is 24.2 Å². The maximum atomic E-state index is 13.1. The number of rotatable bonds is 4. The normalized spacial score (nSPS) is 14.8. The number of nitrogens with one attached hydrogen (secondary N) is 1. The molecule has 31 heavy (non-hydrogen) atoms. The Hall–Kier alpha value is -3.34. The summed E-state index contributed by atoms with van der Waals surface area (Å²) in [6.07, 6.45) is -3.00. The minimum atomic E-state index is -4.50. The highest BCUT2D eigenvalue weighted by Crippen LogP contribution is 2.31. The van der Waals surface area contributed by atoms with Gasteiger partial charge in [0, 0.05) is 44.0 Å². The van der Waals surface area contributed by atoms with Crippen LogP contribution in [0.15, 0.2) is 35.3 Å². The summed E-state index contributed by atoms with van der Waals surface area (Å²) in [5, 5.41) is 8.21. The molecular weight excluding hydrogens is 413 g/mol. The van der Waals surface area contributed by atoms with Gasteiger partial charge in [0.15, 0.2) is 5.82 Å². The Morgan fingerprint density at radius 2 is 1.90 bits per heavy atom. The second kappa shape index (κ2) is 8.06. The summed E-state index contributed by atoms with van der Waals surface area (Å²) in [7, 11) is 1.51. The van der Waals surface area contributed by atoms with Crippen molar-refractivity contribution >= 4 is 28.1 Å². The number of anilines is 3. The number of pyridine rings is 1. The van der Waals surface area contributed by atoms with E-state index >= 15 is 0 Å². The molecule has 2 aromatic heterocycles. The number of fused-ring (bicyclic) bond motifs is 1. The predicted octanol–water partition coefficient (Wildman–Crippen LogP) is 2.38. The van der Waals surface area contributed by atoms with Crippen molar-refractivity contribution in [2.75, 3.05) is 42.3 Å². The highest BCUT2D eigenvalue weighted by atomic mass is 19.4. The van der Waals surface area contributed by atoms with E-state index in [-0.39, 0.29) is 17.8 Å². The molecule has 4 rings (SSSR count). The first-order valence-corrected chi connectivity index (χ1v) is 9.62. The SMILES string of the molecule is Cn1nc(NCc2cc(N)cc(C(F)(F)F)c2)c2cc(N3CCOCC3)ncc2c1=O. The van der Waals surface area contributed by atoms with Gasteiger partial charge in [0.2, 0.25) is 0 Å². The molecule has 0 radical (unpaired) electrons. The lowest BCUT2D eigenvalue weighted by Gasteiger charge is -2.28. The Morgan fingerprint density at radius 3 is 2.61 bits per heavy atom. The molecule has 8 nitrogen and oxygen atoms in total.